The summed E-state index contributed by atoms with van der Waals surface area (Å²) in [6.45, 7) is 12.2. The SMILES string of the molecule is CC(C)[C@H](C(=O)N1CCCN(C(=O)Nc2cccc(Cl)c2)CC1)N1C[C@@H](C)O[C@H](C)C1. The zero-order chi connectivity index (χ0) is 22.5. The Morgan fingerprint density at radius 1 is 1.06 bits per heavy atom. The predicted octanol–water partition coefficient (Wildman–Crippen LogP) is 3.54. The number of rotatable bonds is 4. The molecule has 0 spiro atoms. The minimum atomic E-state index is -0.166. The molecule has 2 saturated heterocycles. The Balaban J connectivity index is 1.61. The van der Waals surface area contributed by atoms with E-state index in [9.17, 15) is 9.59 Å². The molecule has 0 unspecified atom stereocenters. The van der Waals surface area contributed by atoms with Gasteiger partial charge in [0.25, 0.3) is 0 Å². The number of ether oxygens (including phenoxy) is 1. The molecule has 0 aromatic heterocycles. The average molecular weight is 451 g/mol. The van der Waals surface area contributed by atoms with Crippen LogP contribution in [0.1, 0.15) is 34.1 Å². The highest BCUT2D eigenvalue weighted by atomic mass is 35.5. The van der Waals surface area contributed by atoms with Crippen LogP contribution >= 0.6 is 11.6 Å². The number of nitrogens with zero attached hydrogens (tertiary/aromatic N) is 3. The third kappa shape index (κ3) is 6.34. The highest BCUT2D eigenvalue weighted by molar-refractivity contribution is 6.30. The van der Waals surface area contributed by atoms with Gasteiger partial charge in [0.1, 0.15) is 0 Å². The zero-order valence-electron chi connectivity index (χ0n) is 19.0. The van der Waals surface area contributed by atoms with Crippen LogP contribution in [0.4, 0.5) is 10.5 Å². The molecule has 3 rings (SSSR count). The van der Waals surface area contributed by atoms with E-state index in [2.05, 4.69) is 37.9 Å². The van der Waals surface area contributed by atoms with Gasteiger partial charge in [-0.2, -0.15) is 0 Å². The van der Waals surface area contributed by atoms with E-state index in [4.69, 9.17) is 16.3 Å². The summed E-state index contributed by atoms with van der Waals surface area (Å²) in [4.78, 5) is 32.2. The van der Waals surface area contributed by atoms with Crippen molar-refractivity contribution in [3.05, 3.63) is 29.3 Å². The summed E-state index contributed by atoms with van der Waals surface area (Å²) in [5.41, 5.74) is 0.671. The number of hydrogen-bond donors (Lipinski definition) is 1. The Kier molecular flexibility index (Phi) is 8.19. The number of carbonyl (C=O) groups excluding carboxylic acids is 2. The number of amides is 3. The van der Waals surface area contributed by atoms with E-state index in [0.717, 1.165) is 19.5 Å². The number of hydrogen-bond acceptors (Lipinski definition) is 4. The maximum atomic E-state index is 13.5. The van der Waals surface area contributed by atoms with Crippen LogP contribution in [0.25, 0.3) is 0 Å². The van der Waals surface area contributed by atoms with Gasteiger partial charge in [0.15, 0.2) is 0 Å². The molecule has 31 heavy (non-hydrogen) atoms. The molecule has 0 aliphatic carbocycles. The van der Waals surface area contributed by atoms with Gasteiger partial charge in [0, 0.05) is 50.0 Å². The van der Waals surface area contributed by atoms with Crippen LogP contribution < -0.4 is 5.32 Å². The molecule has 2 fully saturated rings. The summed E-state index contributed by atoms with van der Waals surface area (Å²) in [6, 6.07) is 6.79. The van der Waals surface area contributed by atoms with Crippen LogP contribution in [0.3, 0.4) is 0 Å². The van der Waals surface area contributed by atoms with Crippen LogP contribution in [0.15, 0.2) is 24.3 Å². The Labute approximate surface area is 190 Å². The molecular formula is C23H35ClN4O3. The number of nitrogens with one attached hydrogen (secondary N) is 1. The van der Waals surface area contributed by atoms with E-state index in [1.165, 1.54) is 0 Å². The van der Waals surface area contributed by atoms with Crippen molar-refractivity contribution >= 4 is 29.2 Å². The summed E-state index contributed by atoms with van der Waals surface area (Å²) < 4.78 is 5.86. The normalized spacial score (nSPS) is 24.1. The van der Waals surface area contributed by atoms with Crippen molar-refractivity contribution in [3.8, 4) is 0 Å². The molecule has 1 aromatic carbocycles. The molecule has 2 aliphatic heterocycles. The van der Waals surface area contributed by atoms with Crippen molar-refractivity contribution in [2.24, 2.45) is 5.92 Å². The van der Waals surface area contributed by atoms with Crippen molar-refractivity contribution in [2.45, 2.75) is 52.4 Å². The lowest BCUT2D eigenvalue weighted by Crippen LogP contribution is -2.58. The molecule has 7 nitrogen and oxygen atoms in total. The smallest absolute Gasteiger partial charge is 0.321 e. The summed E-state index contributed by atoms with van der Waals surface area (Å²) >= 11 is 6.01. The highest BCUT2D eigenvalue weighted by Gasteiger charge is 2.37. The molecule has 2 aliphatic rings. The van der Waals surface area contributed by atoms with Crippen LogP contribution in [0, 0.1) is 5.92 Å². The van der Waals surface area contributed by atoms with E-state index < -0.39 is 0 Å². The van der Waals surface area contributed by atoms with Crippen molar-refractivity contribution in [1.29, 1.82) is 0 Å². The number of halogens is 1. The molecule has 1 N–H and O–H groups in total. The maximum absolute atomic E-state index is 13.5. The molecule has 172 valence electrons. The number of urea groups is 1. The predicted molar refractivity (Wildman–Crippen MR) is 123 cm³/mol. The topological polar surface area (TPSA) is 65.1 Å². The van der Waals surface area contributed by atoms with Gasteiger partial charge in [0.2, 0.25) is 5.91 Å². The molecule has 2 heterocycles. The summed E-state index contributed by atoms with van der Waals surface area (Å²) in [7, 11) is 0. The first kappa shape index (κ1) is 23.8. The standard InChI is InChI=1S/C23H35ClN4O3/c1-16(2)21(28-14-17(3)31-18(4)15-28)22(29)26-9-6-10-27(12-11-26)23(30)25-20-8-5-7-19(24)13-20/h5,7-8,13,16-18,21H,6,9-12,14-15H2,1-4H3,(H,25,30)/t17-,18-,21-/m1/s1. The van der Waals surface area contributed by atoms with E-state index >= 15 is 0 Å². The van der Waals surface area contributed by atoms with Gasteiger partial charge in [-0.1, -0.05) is 31.5 Å². The van der Waals surface area contributed by atoms with Crippen LogP contribution in [-0.4, -0.2) is 84.2 Å². The second kappa shape index (κ2) is 10.7. The fraction of sp³-hybridized carbons (Fsp3) is 0.652. The van der Waals surface area contributed by atoms with Crippen LogP contribution in [0.2, 0.25) is 5.02 Å². The van der Waals surface area contributed by atoms with Crippen LogP contribution in [-0.2, 0) is 9.53 Å². The largest absolute Gasteiger partial charge is 0.373 e. The van der Waals surface area contributed by atoms with Gasteiger partial charge in [-0.25, -0.2) is 4.79 Å². The van der Waals surface area contributed by atoms with Gasteiger partial charge in [-0.05, 0) is 44.4 Å². The lowest BCUT2D eigenvalue weighted by Gasteiger charge is -2.42. The summed E-state index contributed by atoms with van der Waals surface area (Å²) in [5.74, 6) is 0.365. The minimum absolute atomic E-state index is 0.118. The average Bonchev–Trinajstić information content (AvgIpc) is 2.93. The highest BCUT2D eigenvalue weighted by Crippen LogP contribution is 2.21. The Hall–Kier alpha value is -1.83. The Morgan fingerprint density at radius 3 is 2.35 bits per heavy atom. The van der Waals surface area contributed by atoms with Crippen molar-refractivity contribution in [2.75, 3.05) is 44.6 Å². The quantitative estimate of drug-likeness (QED) is 0.762. The van der Waals surface area contributed by atoms with Crippen LogP contribution in [0.5, 0.6) is 0 Å². The summed E-state index contributed by atoms with van der Waals surface area (Å²) in [5, 5.41) is 3.48. The lowest BCUT2D eigenvalue weighted by molar-refractivity contribution is -0.145. The number of carbonyl (C=O) groups is 2. The first-order chi connectivity index (χ1) is 14.7. The number of morpholine rings is 1. The zero-order valence-corrected chi connectivity index (χ0v) is 19.8. The van der Waals surface area contributed by atoms with Gasteiger partial charge >= 0.3 is 6.03 Å². The Bertz CT molecular complexity index is 765. The molecular weight excluding hydrogens is 416 g/mol. The van der Waals surface area contributed by atoms with E-state index in [1.807, 2.05) is 11.0 Å². The lowest BCUT2D eigenvalue weighted by atomic mass is 9.99. The molecule has 3 amide bonds. The third-order valence-corrected chi connectivity index (χ3v) is 6.13. The second-order valence-electron chi connectivity index (χ2n) is 9.01. The molecule has 3 atom stereocenters. The van der Waals surface area contributed by atoms with Crippen molar-refractivity contribution in [3.63, 3.8) is 0 Å². The van der Waals surface area contributed by atoms with Gasteiger partial charge in [-0.15, -0.1) is 0 Å². The number of benzene rings is 1. The van der Waals surface area contributed by atoms with Gasteiger partial charge in [-0.3, -0.25) is 9.69 Å². The first-order valence-electron chi connectivity index (χ1n) is 11.2. The maximum Gasteiger partial charge on any atom is 0.321 e. The molecule has 0 bridgehead atoms. The summed E-state index contributed by atoms with van der Waals surface area (Å²) in [6.07, 6.45) is 0.996. The second-order valence-corrected chi connectivity index (χ2v) is 9.44. The molecule has 8 heteroatoms. The van der Waals surface area contributed by atoms with Gasteiger partial charge < -0.3 is 19.9 Å². The van der Waals surface area contributed by atoms with Gasteiger partial charge in [0.05, 0.1) is 18.2 Å². The van der Waals surface area contributed by atoms with Crippen molar-refractivity contribution in [1.82, 2.24) is 14.7 Å². The molecule has 1 aromatic rings. The van der Waals surface area contributed by atoms with E-state index in [0.29, 0.717) is 36.9 Å². The van der Waals surface area contributed by atoms with E-state index in [-0.39, 0.29) is 36.1 Å². The van der Waals surface area contributed by atoms with E-state index in [1.54, 1.807) is 23.1 Å². The first-order valence-corrected chi connectivity index (χ1v) is 11.6. The monoisotopic (exact) mass is 450 g/mol. The molecule has 0 saturated carbocycles. The fourth-order valence-electron chi connectivity index (χ4n) is 4.60. The Morgan fingerprint density at radius 2 is 1.71 bits per heavy atom. The fourth-order valence-corrected chi connectivity index (χ4v) is 4.79. The minimum Gasteiger partial charge on any atom is -0.373 e. The van der Waals surface area contributed by atoms with Crippen molar-refractivity contribution < 1.29 is 14.3 Å². The molecule has 0 radical (unpaired) electrons. The number of anilines is 1. The third-order valence-electron chi connectivity index (χ3n) is 5.90.